The molecule has 1 unspecified atom stereocenters. The number of nitrogens with zero attached hydrogens (tertiary/aromatic N) is 1. The number of benzene rings is 3. The number of sulfonamides is 1. The molecule has 1 atom stereocenters. The van der Waals surface area contributed by atoms with Crippen molar-refractivity contribution in [2.45, 2.75) is 23.8 Å². The van der Waals surface area contributed by atoms with Gasteiger partial charge < -0.3 is 5.32 Å². The van der Waals surface area contributed by atoms with Crippen molar-refractivity contribution in [1.29, 1.82) is 0 Å². The van der Waals surface area contributed by atoms with Gasteiger partial charge in [0.2, 0.25) is 15.9 Å². The molecule has 0 saturated heterocycles. The van der Waals surface area contributed by atoms with E-state index in [4.69, 9.17) is 0 Å². The van der Waals surface area contributed by atoms with Crippen molar-refractivity contribution in [1.82, 2.24) is 9.62 Å². The Morgan fingerprint density at radius 1 is 0.833 bits per heavy atom. The van der Waals surface area contributed by atoms with Gasteiger partial charge in [-0.05, 0) is 30.2 Å². The Kier molecular flexibility index (Phi) is 7.03. The molecule has 0 aliphatic carbocycles. The molecule has 0 spiro atoms. The molecule has 1 N–H and O–H groups in total. The van der Waals surface area contributed by atoms with Crippen molar-refractivity contribution >= 4 is 15.9 Å². The number of hydrogen-bond donors (Lipinski definition) is 1. The van der Waals surface area contributed by atoms with E-state index in [9.17, 15) is 13.2 Å². The first-order chi connectivity index (χ1) is 14.4. The molecule has 0 bridgehead atoms. The number of amides is 1. The molecule has 0 fully saturated rings. The molecule has 0 saturated carbocycles. The van der Waals surface area contributed by atoms with E-state index >= 15 is 0 Å². The minimum absolute atomic E-state index is 0.0487. The first-order valence-corrected chi connectivity index (χ1v) is 11.2. The highest BCUT2D eigenvalue weighted by atomic mass is 32.2. The van der Waals surface area contributed by atoms with Crippen LogP contribution in [0.25, 0.3) is 0 Å². The van der Waals surface area contributed by atoms with Crippen molar-refractivity contribution in [2.75, 3.05) is 13.6 Å². The number of rotatable bonds is 8. The second-order valence-corrected chi connectivity index (χ2v) is 9.27. The van der Waals surface area contributed by atoms with Gasteiger partial charge in [0.15, 0.2) is 0 Å². The minimum Gasteiger partial charge on any atom is -0.352 e. The summed E-state index contributed by atoms with van der Waals surface area (Å²) in [6, 6.07) is 27.8. The van der Waals surface area contributed by atoms with Gasteiger partial charge in [0, 0.05) is 19.0 Å². The molecule has 6 heteroatoms. The van der Waals surface area contributed by atoms with Gasteiger partial charge in [0.05, 0.1) is 11.4 Å². The van der Waals surface area contributed by atoms with Gasteiger partial charge in [-0.1, -0.05) is 78.9 Å². The van der Waals surface area contributed by atoms with Crippen molar-refractivity contribution < 1.29 is 13.2 Å². The van der Waals surface area contributed by atoms with E-state index in [1.165, 1.54) is 19.2 Å². The maximum Gasteiger partial charge on any atom is 0.243 e. The zero-order valence-corrected chi connectivity index (χ0v) is 17.9. The predicted molar refractivity (Wildman–Crippen MR) is 119 cm³/mol. The number of nitrogens with one attached hydrogen (secondary N) is 1. The zero-order chi connectivity index (χ0) is 21.6. The van der Waals surface area contributed by atoms with E-state index in [0.29, 0.717) is 0 Å². The van der Waals surface area contributed by atoms with Crippen LogP contribution in [0.2, 0.25) is 0 Å². The monoisotopic (exact) mass is 422 g/mol. The third-order valence-electron chi connectivity index (χ3n) is 5.02. The number of carbonyl (C=O) groups excluding carboxylic acids is 1. The second-order valence-electron chi connectivity index (χ2n) is 7.23. The van der Waals surface area contributed by atoms with Gasteiger partial charge in [0.1, 0.15) is 0 Å². The molecule has 0 radical (unpaired) electrons. The lowest BCUT2D eigenvalue weighted by Gasteiger charge is -2.27. The van der Waals surface area contributed by atoms with E-state index in [-0.39, 0.29) is 29.3 Å². The highest BCUT2D eigenvalue weighted by Gasteiger charge is 2.26. The van der Waals surface area contributed by atoms with Gasteiger partial charge in [-0.2, -0.15) is 4.31 Å². The smallest absolute Gasteiger partial charge is 0.243 e. The fourth-order valence-corrected chi connectivity index (χ4v) is 4.68. The average Bonchev–Trinajstić information content (AvgIpc) is 2.76. The average molecular weight is 423 g/mol. The SMILES string of the molecule is CC(NC(=O)CN(C)S(=O)(=O)c1ccccc1)C(c1ccccc1)c1ccccc1. The molecule has 3 aromatic rings. The Morgan fingerprint density at radius 2 is 1.27 bits per heavy atom. The molecule has 5 nitrogen and oxygen atoms in total. The fourth-order valence-electron chi connectivity index (χ4n) is 3.53. The summed E-state index contributed by atoms with van der Waals surface area (Å²) in [5.74, 6) is -0.395. The molecular weight excluding hydrogens is 396 g/mol. The number of carbonyl (C=O) groups is 1. The largest absolute Gasteiger partial charge is 0.352 e. The van der Waals surface area contributed by atoms with Crippen LogP contribution >= 0.6 is 0 Å². The number of likely N-dealkylation sites (N-methyl/N-ethyl adjacent to an activating group) is 1. The Balaban J connectivity index is 1.74. The quantitative estimate of drug-likeness (QED) is 0.603. The normalized spacial score (nSPS) is 12.7. The van der Waals surface area contributed by atoms with Gasteiger partial charge in [0.25, 0.3) is 0 Å². The summed E-state index contributed by atoms with van der Waals surface area (Å²) in [6.07, 6.45) is 0. The highest BCUT2D eigenvalue weighted by Crippen LogP contribution is 2.28. The minimum atomic E-state index is -3.72. The summed E-state index contributed by atoms with van der Waals surface area (Å²) in [6.45, 7) is 1.69. The molecule has 3 aromatic carbocycles. The summed E-state index contributed by atoms with van der Waals surface area (Å²) in [4.78, 5) is 12.9. The lowest BCUT2D eigenvalue weighted by Crippen LogP contribution is -2.44. The van der Waals surface area contributed by atoms with E-state index in [1.807, 2.05) is 67.6 Å². The van der Waals surface area contributed by atoms with Gasteiger partial charge in [-0.3, -0.25) is 4.79 Å². The predicted octanol–water partition coefficient (Wildman–Crippen LogP) is 3.64. The van der Waals surface area contributed by atoms with Gasteiger partial charge >= 0.3 is 0 Å². The molecule has 0 aliphatic rings. The van der Waals surface area contributed by atoms with Crippen molar-refractivity contribution in [3.8, 4) is 0 Å². The summed E-state index contributed by atoms with van der Waals surface area (Å²) < 4.78 is 26.4. The van der Waals surface area contributed by atoms with Crippen molar-refractivity contribution in [3.05, 3.63) is 102 Å². The molecule has 156 valence electrons. The number of hydrogen-bond acceptors (Lipinski definition) is 3. The first kappa shape index (κ1) is 21.7. The Morgan fingerprint density at radius 3 is 1.73 bits per heavy atom. The standard InChI is InChI=1S/C24H26N2O3S/c1-19(24(20-12-6-3-7-13-20)21-14-8-4-9-15-21)25-23(27)18-26(2)30(28,29)22-16-10-5-11-17-22/h3-17,19,24H,18H2,1-2H3,(H,25,27). The van der Waals surface area contributed by atoms with Gasteiger partial charge in [-0.15, -0.1) is 0 Å². The molecule has 0 heterocycles. The fraction of sp³-hybridized carbons (Fsp3) is 0.208. The molecule has 1 amide bonds. The lowest BCUT2D eigenvalue weighted by molar-refractivity contribution is -0.121. The topological polar surface area (TPSA) is 66.5 Å². The molecule has 0 aromatic heterocycles. The molecular formula is C24H26N2O3S. The first-order valence-electron chi connectivity index (χ1n) is 9.80. The van der Waals surface area contributed by atoms with Crippen LogP contribution in [0, 0.1) is 0 Å². The van der Waals surface area contributed by atoms with Crippen LogP contribution in [-0.2, 0) is 14.8 Å². The van der Waals surface area contributed by atoms with Gasteiger partial charge in [-0.25, -0.2) is 8.42 Å². The third-order valence-corrected chi connectivity index (χ3v) is 6.84. The van der Waals surface area contributed by atoms with Crippen LogP contribution in [-0.4, -0.2) is 38.3 Å². The van der Waals surface area contributed by atoms with Crippen LogP contribution in [0.15, 0.2) is 95.9 Å². The van der Waals surface area contributed by atoms with E-state index < -0.39 is 10.0 Å². The summed E-state index contributed by atoms with van der Waals surface area (Å²) >= 11 is 0. The Labute approximate surface area is 178 Å². The van der Waals surface area contributed by atoms with Crippen LogP contribution in [0.1, 0.15) is 24.0 Å². The summed E-state index contributed by atoms with van der Waals surface area (Å²) in [5, 5.41) is 2.99. The third kappa shape index (κ3) is 5.14. The summed E-state index contributed by atoms with van der Waals surface area (Å²) in [5.41, 5.74) is 2.17. The Bertz CT molecular complexity index is 1020. The van der Waals surface area contributed by atoms with Crippen molar-refractivity contribution in [2.24, 2.45) is 0 Å². The maximum absolute atomic E-state index is 12.7. The summed E-state index contributed by atoms with van der Waals surface area (Å²) in [7, 11) is -2.31. The highest BCUT2D eigenvalue weighted by molar-refractivity contribution is 7.89. The van der Waals surface area contributed by atoms with Crippen LogP contribution in [0.5, 0.6) is 0 Å². The molecule has 3 rings (SSSR count). The molecule has 0 aliphatic heterocycles. The van der Waals surface area contributed by atoms with Crippen molar-refractivity contribution in [3.63, 3.8) is 0 Å². The zero-order valence-electron chi connectivity index (χ0n) is 17.1. The molecule has 30 heavy (non-hydrogen) atoms. The van der Waals surface area contributed by atoms with Crippen LogP contribution < -0.4 is 5.32 Å². The van der Waals surface area contributed by atoms with E-state index in [1.54, 1.807) is 18.2 Å². The van der Waals surface area contributed by atoms with Crippen LogP contribution in [0.3, 0.4) is 0 Å². The van der Waals surface area contributed by atoms with Crippen LogP contribution in [0.4, 0.5) is 0 Å². The van der Waals surface area contributed by atoms with E-state index in [0.717, 1.165) is 15.4 Å². The Hall–Kier alpha value is -2.96. The maximum atomic E-state index is 12.7. The second kappa shape index (κ2) is 9.69. The lowest BCUT2D eigenvalue weighted by atomic mass is 9.86. The van der Waals surface area contributed by atoms with E-state index in [2.05, 4.69) is 5.32 Å².